The molecule has 0 unspecified atom stereocenters. The Bertz CT molecular complexity index is 1230. The first-order valence-electron chi connectivity index (χ1n) is 9.96. The fourth-order valence-corrected chi connectivity index (χ4v) is 2.64. The van der Waals surface area contributed by atoms with Crippen LogP contribution in [-0.2, 0) is 9.59 Å². The van der Waals surface area contributed by atoms with Gasteiger partial charge in [-0.2, -0.15) is 10.2 Å². The zero-order chi connectivity index (χ0) is 25.2. The van der Waals surface area contributed by atoms with Gasteiger partial charge in [0.05, 0.1) is 17.4 Å². The number of carbonyl (C=O) groups is 2. The lowest BCUT2D eigenvalue weighted by atomic mass is 10.1. The third-order valence-corrected chi connectivity index (χ3v) is 4.40. The molecule has 0 spiro atoms. The first-order chi connectivity index (χ1) is 16.8. The van der Waals surface area contributed by atoms with Gasteiger partial charge < -0.3 is 0 Å². The molecule has 35 heavy (non-hydrogen) atoms. The first kappa shape index (κ1) is 24.6. The summed E-state index contributed by atoms with van der Waals surface area (Å²) in [6.45, 7) is 0. The summed E-state index contributed by atoms with van der Waals surface area (Å²) in [6, 6.07) is 15.8. The summed E-state index contributed by atoms with van der Waals surface area (Å²) in [6.07, 6.45) is 3.71. The fourth-order valence-electron chi connectivity index (χ4n) is 2.64. The van der Waals surface area contributed by atoms with Crippen molar-refractivity contribution in [3.63, 3.8) is 0 Å². The van der Waals surface area contributed by atoms with Crippen molar-refractivity contribution in [1.29, 1.82) is 0 Å². The van der Waals surface area contributed by atoms with Crippen molar-refractivity contribution in [1.82, 2.24) is 10.9 Å². The van der Waals surface area contributed by atoms with Gasteiger partial charge in [0.2, 0.25) is 0 Å². The predicted molar refractivity (Wildman–Crippen MR) is 125 cm³/mol. The highest BCUT2D eigenvalue weighted by atomic mass is 19.1. The number of non-ortho nitro benzene ring substituents is 1. The smallest absolute Gasteiger partial charge is 0.267 e. The molecule has 0 radical (unpaired) electrons. The number of nitrogens with one attached hydrogen (secondary N) is 2. The molecule has 3 aromatic carbocycles. The van der Waals surface area contributed by atoms with E-state index in [0.29, 0.717) is 16.7 Å². The van der Waals surface area contributed by atoms with Crippen molar-refractivity contribution < 1.29 is 23.3 Å². The molecule has 2 amide bonds. The molecule has 0 heterocycles. The highest BCUT2D eigenvalue weighted by Gasteiger charge is 2.18. The molecule has 0 aromatic heterocycles. The fraction of sp³-hybridized carbons (Fsp3) is 0. The molecule has 3 aromatic rings. The maximum atomic E-state index is 13.0. The number of nitro groups is 1. The van der Waals surface area contributed by atoms with Crippen LogP contribution in [0.5, 0.6) is 0 Å². The number of hydrazone groups is 2. The zero-order valence-electron chi connectivity index (χ0n) is 17.9. The summed E-state index contributed by atoms with van der Waals surface area (Å²) in [5.74, 6) is -2.65. The van der Waals surface area contributed by atoms with Crippen LogP contribution in [0.25, 0.3) is 6.08 Å². The van der Waals surface area contributed by atoms with Crippen LogP contribution in [0.3, 0.4) is 0 Å². The van der Waals surface area contributed by atoms with Crippen LogP contribution in [0, 0.1) is 21.7 Å². The summed E-state index contributed by atoms with van der Waals surface area (Å²) in [4.78, 5) is 35.6. The lowest BCUT2D eigenvalue weighted by Gasteiger charge is -2.05. The maximum absolute atomic E-state index is 13.0. The Morgan fingerprint density at radius 2 is 1.11 bits per heavy atom. The second kappa shape index (κ2) is 11.7. The van der Waals surface area contributed by atoms with Gasteiger partial charge in [-0.15, -0.1) is 0 Å². The first-order valence-corrected chi connectivity index (χ1v) is 9.96. The van der Waals surface area contributed by atoms with Crippen LogP contribution in [0.2, 0.25) is 0 Å². The predicted octanol–water partition coefficient (Wildman–Crippen LogP) is 3.56. The van der Waals surface area contributed by atoms with Gasteiger partial charge in [0.25, 0.3) is 17.5 Å². The van der Waals surface area contributed by atoms with E-state index in [1.165, 1.54) is 91.3 Å². The molecule has 9 nitrogen and oxygen atoms in total. The van der Waals surface area contributed by atoms with E-state index in [9.17, 15) is 28.5 Å². The highest BCUT2D eigenvalue weighted by Crippen LogP contribution is 2.15. The van der Waals surface area contributed by atoms with Gasteiger partial charge in [-0.3, -0.25) is 19.7 Å². The standard InChI is InChI=1S/C24H17F2N5O4/c25-19-7-1-17(2-8-19)14-27-29-23(32)22(13-16-5-11-21(12-6-16)31(34)35)24(33)30-28-15-18-3-9-20(26)10-4-18/h1-15H,(H,29,32)(H,30,33). The van der Waals surface area contributed by atoms with Crippen molar-refractivity contribution in [3.05, 3.63) is 117 Å². The zero-order valence-corrected chi connectivity index (χ0v) is 17.9. The van der Waals surface area contributed by atoms with Gasteiger partial charge in [-0.25, -0.2) is 19.6 Å². The van der Waals surface area contributed by atoms with Gasteiger partial charge in [0.1, 0.15) is 17.2 Å². The quantitative estimate of drug-likeness (QED) is 0.128. The van der Waals surface area contributed by atoms with E-state index in [0.717, 1.165) is 0 Å². The minimum atomic E-state index is -0.892. The Labute approximate surface area is 197 Å². The van der Waals surface area contributed by atoms with E-state index in [1.54, 1.807) is 0 Å². The Kier molecular flexibility index (Phi) is 8.22. The Hall–Kier alpha value is -5.06. The van der Waals surface area contributed by atoms with E-state index in [2.05, 4.69) is 21.1 Å². The molecule has 0 aliphatic rings. The molecule has 0 aliphatic carbocycles. The average Bonchev–Trinajstić information content (AvgIpc) is 2.85. The SMILES string of the molecule is O=C(NN=Cc1ccc(F)cc1)C(=Cc1ccc([N+](=O)[O-])cc1)C(=O)NN=Cc1ccc(F)cc1. The van der Waals surface area contributed by atoms with Gasteiger partial charge >= 0.3 is 0 Å². The van der Waals surface area contributed by atoms with Crippen LogP contribution in [-0.4, -0.2) is 29.2 Å². The van der Waals surface area contributed by atoms with Gasteiger partial charge in [0.15, 0.2) is 0 Å². The number of nitro benzene ring substituents is 1. The van der Waals surface area contributed by atoms with E-state index < -0.39 is 33.9 Å². The maximum Gasteiger partial charge on any atom is 0.277 e. The summed E-state index contributed by atoms with van der Waals surface area (Å²) in [7, 11) is 0. The number of amides is 2. The van der Waals surface area contributed by atoms with Crippen molar-refractivity contribution in [2.24, 2.45) is 10.2 Å². The minimum absolute atomic E-state index is 0.162. The molecule has 2 N–H and O–H groups in total. The Balaban J connectivity index is 1.78. The number of hydrogen-bond donors (Lipinski definition) is 2. The number of carbonyl (C=O) groups excluding carboxylic acids is 2. The number of rotatable bonds is 8. The summed E-state index contributed by atoms with van der Waals surface area (Å²) in [5, 5.41) is 18.4. The van der Waals surface area contributed by atoms with E-state index >= 15 is 0 Å². The largest absolute Gasteiger partial charge is 0.277 e. The molecule has 3 rings (SSSR count). The Morgan fingerprint density at radius 3 is 1.51 bits per heavy atom. The summed E-state index contributed by atoms with van der Waals surface area (Å²) < 4.78 is 26.0. The molecule has 0 aliphatic heterocycles. The van der Waals surface area contributed by atoms with Crippen LogP contribution in [0.4, 0.5) is 14.5 Å². The highest BCUT2D eigenvalue weighted by molar-refractivity contribution is 6.21. The third kappa shape index (κ3) is 7.49. The molecule has 0 fully saturated rings. The number of hydrogen-bond acceptors (Lipinski definition) is 6. The molecule has 176 valence electrons. The minimum Gasteiger partial charge on any atom is -0.267 e. The summed E-state index contributed by atoms with van der Waals surface area (Å²) in [5.41, 5.74) is 5.17. The van der Waals surface area contributed by atoms with Gasteiger partial charge in [-0.05, 0) is 59.2 Å². The van der Waals surface area contributed by atoms with Crippen LogP contribution < -0.4 is 10.9 Å². The lowest BCUT2D eigenvalue weighted by Crippen LogP contribution is -2.30. The average molecular weight is 477 g/mol. The number of nitrogens with zero attached hydrogens (tertiary/aromatic N) is 3. The van der Waals surface area contributed by atoms with Crippen LogP contribution in [0.1, 0.15) is 16.7 Å². The van der Waals surface area contributed by atoms with Crippen molar-refractivity contribution in [2.75, 3.05) is 0 Å². The summed E-state index contributed by atoms with van der Waals surface area (Å²) >= 11 is 0. The van der Waals surface area contributed by atoms with Gasteiger partial charge in [-0.1, -0.05) is 24.3 Å². The molecular weight excluding hydrogens is 460 g/mol. The van der Waals surface area contributed by atoms with Crippen LogP contribution >= 0.6 is 0 Å². The molecule has 0 saturated carbocycles. The molecular formula is C24H17F2N5O4. The third-order valence-electron chi connectivity index (χ3n) is 4.40. The normalized spacial score (nSPS) is 10.8. The van der Waals surface area contributed by atoms with Crippen molar-refractivity contribution in [3.8, 4) is 0 Å². The topological polar surface area (TPSA) is 126 Å². The van der Waals surface area contributed by atoms with Crippen molar-refractivity contribution in [2.45, 2.75) is 0 Å². The molecule has 0 atom stereocenters. The molecule has 0 saturated heterocycles. The second-order valence-electron chi connectivity index (χ2n) is 6.91. The van der Waals surface area contributed by atoms with Crippen molar-refractivity contribution >= 4 is 36.0 Å². The Morgan fingerprint density at radius 1 is 0.714 bits per heavy atom. The van der Waals surface area contributed by atoms with Crippen LogP contribution in [0.15, 0.2) is 88.6 Å². The lowest BCUT2D eigenvalue weighted by molar-refractivity contribution is -0.384. The van der Waals surface area contributed by atoms with E-state index in [1.807, 2.05) is 0 Å². The molecule has 0 bridgehead atoms. The van der Waals surface area contributed by atoms with E-state index in [4.69, 9.17) is 0 Å². The molecule has 11 heteroatoms. The van der Waals surface area contributed by atoms with Gasteiger partial charge in [0, 0.05) is 12.1 Å². The second-order valence-corrected chi connectivity index (χ2v) is 6.91. The van der Waals surface area contributed by atoms with E-state index in [-0.39, 0.29) is 5.69 Å². The monoisotopic (exact) mass is 477 g/mol. The number of halogens is 2. The number of benzene rings is 3.